The Labute approximate surface area is 166 Å². The average molecular weight is 398 g/mol. The lowest BCUT2D eigenvalue weighted by Crippen LogP contribution is -2.25. The molecule has 1 fully saturated rings. The summed E-state index contributed by atoms with van der Waals surface area (Å²) >= 11 is 5.97. The van der Waals surface area contributed by atoms with Crippen molar-refractivity contribution in [3.05, 3.63) is 79.3 Å². The lowest BCUT2D eigenvalue weighted by molar-refractivity contribution is 0.322. The molecule has 1 saturated heterocycles. The molecule has 7 nitrogen and oxygen atoms in total. The molecule has 0 spiro atoms. The van der Waals surface area contributed by atoms with Crippen LogP contribution >= 0.6 is 11.6 Å². The van der Waals surface area contributed by atoms with Crippen LogP contribution in [0.3, 0.4) is 0 Å². The lowest BCUT2D eigenvalue weighted by atomic mass is 10.1. The number of aromatic amines is 2. The highest BCUT2D eigenvalue weighted by Crippen LogP contribution is 2.26. The molecule has 3 heterocycles. The molecule has 8 heteroatoms. The van der Waals surface area contributed by atoms with Crippen LogP contribution in [-0.2, 0) is 6.54 Å². The largest absolute Gasteiger partial charge is 0.325 e. The topological polar surface area (TPSA) is 94.7 Å². The van der Waals surface area contributed by atoms with Crippen LogP contribution in [0, 0.1) is 6.92 Å². The molecule has 0 bridgehead atoms. The van der Waals surface area contributed by atoms with Gasteiger partial charge in [0.2, 0.25) is 0 Å². The van der Waals surface area contributed by atoms with Gasteiger partial charge in [-0.2, -0.15) is 0 Å². The Hall–Kier alpha value is -2.77. The van der Waals surface area contributed by atoms with Gasteiger partial charge in [0.15, 0.2) is 5.82 Å². The molecule has 4 rings (SSSR count). The van der Waals surface area contributed by atoms with Gasteiger partial charge in [-0.25, -0.2) is 14.8 Å². The molecular weight excluding hydrogens is 378 g/mol. The zero-order valence-electron chi connectivity index (χ0n) is 15.4. The van der Waals surface area contributed by atoms with Gasteiger partial charge in [-0.15, -0.1) is 0 Å². The van der Waals surface area contributed by atoms with Crippen molar-refractivity contribution < 1.29 is 0 Å². The number of hydrogen-bond donors (Lipinski definition) is 2. The van der Waals surface area contributed by atoms with Gasteiger partial charge in [-0.05, 0) is 50.2 Å². The van der Waals surface area contributed by atoms with Crippen LogP contribution in [0.4, 0.5) is 0 Å². The molecule has 1 aliphatic heterocycles. The summed E-state index contributed by atoms with van der Waals surface area (Å²) in [4.78, 5) is 39.6. The SMILES string of the molecule is Cc1cc(CN2CCC(c3cc(=O)[nH]c(=O)[nH]3)C2)nc(-c2ccc(Cl)cc2)n1. The molecule has 144 valence electrons. The first-order chi connectivity index (χ1) is 13.5. The predicted octanol–water partition coefficient (Wildman–Crippen LogP) is 2.47. The van der Waals surface area contributed by atoms with E-state index >= 15 is 0 Å². The van der Waals surface area contributed by atoms with Gasteiger partial charge in [-0.1, -0.05) is 11.6 Å². The molecule has 0 saturated carbocycles. The molecule has 1 aromatic carbocycles. The number of halogens is 1. The summed E-state index contributed by atoms with van der Waals surface area (Å²) in [7, 11) is 0. The van der Waals surface area contributed by atoms with Gasteiger partial charge in [0.05, 0.1) is 5.69 Å². The normalized spacial score (nSPS) is 17.1. The van der Waals surface area contributed by atoms with Crippen molar-refractivity contribution >= 4 is 11.6 Å². The summed E-state index contributed by atoms with van der Waals surface area (Å²) in [6.07, 6.45) is 0.882. The maximum Gasteiger partial charge on any atom is 0.325 e. The summed E-state index contributed by atoms with van der Waals surface area (Å²) in [5, 5.41) is 0.678. The van der Waals surface area contributed by atoms with Gasteiger partial charge >= 0.3 is 5.69 Å². The Bertz CT molecular complexity index is 1080. The molecular formula is C20H20ClN5O2. The Kier molecular flexibility index (Phi) is 5.11. The van der Waals surface area contributed by atoms with E-state index < -0.39 is 5.69 Å². The van der Waals surface area contributed by atoms with Gasteiger partial charge in [0, 0.05) is 47.0 Å². The molecule has 3 aromatic rings. The number of likely N-dealkylation sites (tertiary alicyclic amines) is 1. The molecule has 1 aliphatic rings. The summed E-state index contributed by atoms with van der Waals surface area (Å²) in [6.45, 7) is 4.28. The van der Waals surface area contributed by atoms with Crippen molar-refractivity contribution in [2.24, 2.45) is 0 Å². The van der Waals surface area contributed by atoms with Crippen LogP contribution in [0.25, 0.3) is 11.4 Å². The lowest BCUT2D eigenvalue weighted by Gasteiger charge is -2.16. The van der Waals surface area contributed by atoms with Gasteiger partial charge in [0.25, 0.3) is 5.56 Å². The summed E-state index contributed by atoms with van der Waals surface area (Å²) < 4.78 is 0. The van der Waals surface area contributed by atoms with Crippen molar-refractivity contribution in [1.82, 2.24) is 24.8 Å². The van der Waals surface area contributed by atoms with Crippen molar-refractivity contribution in [2.45, 2.75) is 25.8 Å². The molecule has 28 heavy (non-hydrogen) atoms. The predicted molar refractivity (Wildman–Crippen MR) is 108 cm³/mol. The smallest absolute Gasteiger partial charge is 0.311 e. The maximum absolute atomic E-state index is 11.6. The zero-order valence-corrected chi connectivity index (χ0v) is 16.2. The summed E-state index contributed by atoms with van der Waals surface area (Å²) in [5.74, 6) is 0.815. The minimum absolute atomic E-state index is 0.133. The second-order valence-corrected chi connectivity index (χ2v) is 7.53. The van der Waals surface area contributed by atoms with Crippen LogP contribution in [0.2, 0.25) is 5.02 Å². The van der Waals surface area contributed by atoms with E-state index in [0.29, 0.717) is 23.1 Å². The van der Waals surface area contributed by atoms with E-state index in [9.17, 15) is 9.59 Å². The Morgan fingerprint density at radius 2 is 1.93 bits per heavy atom. The Morgan fingerprint density at radius 1 is 1.14 bits per heavy atom. The highest BCUT2D eigenvalue weighted by Gasteiger charge is 2.25. The number of benzene rings is 1. The van der Waals surface area contributed by atoms with Gasteiger partial charge in [0.1, 0.15) is 0 Å². The number of aryl methyl sites for hydroxylation is 1. The minimum Gasteiger partial charge on any atom is -0.311 e. The van der Waals surface area contributed by atoms with Crippen molar-refractivity contribution in [3.8, 4) is 11.4 Å². The molecule has 0 amide bonds. The van der Waals surface area contributed by atoms with Crippen molar-refractivity contribution in [1.29, 1.82) is 0 Å². The van der Waals surface area contributed by atoms with Crippen LogP contribution in [0.1, 0.15) is 29.4 Å². The summed E-state index contributed by atoms with van der Waals surface area (Å²) in [5.41, 5.74) is 2.64. The number of hydrogen-bond acceptors (Lipinski definition) is 5. The number of nitrogens with zero attached hydrogens (tertiary/aromatic N) is 3. The first kappa shape index (κ1) is 18.6. The van der Waals surface area contributed by atoms with Crippen molar-refractivity contribution in [2.75, 3.05) is 13.1 Å². The van der Waals surface area contributed by atoms with E-state index in [1.807, 2.05) is 37.3 Å². The van der Waals surface area contributed by atoms with E-state index in [1.165, 1.54) is 6.07 Å². The first-order valence-electron chi connectivity index (χ1n) is 9.13. The van der Waals surface area contributed by atoms with Crippen LogP contribution in [-0.4, -0.2) is 37.9 Å². The van der Waals surface area contributed by atoms with Crippen LogP contribution in [0.15, 0.2) is 46.0 Å². The molecule has 0 aliphatic carbocycles. The van der Waals surface area contributed by atoms with Crippen LogP contribution < -0.4 is 11.2 Å². The molecule has 0 radical (unpaired) electrons. The quantitative estimate of drug-likeness (QED) is 0.705. The van der Waals surface area contributed by atoms with E-state index in [0.717, 1.165) is 36.5 Å². The van der Waals surface area contributed by atoms with E-state index in [-0.39, 0.29) is 11.5 Å². The standard InChI is InChI=1S/C20H20ClN5O2/c1-12-8-16(23-19(22-12)13-2-4-15(21)5-3-13)11-26-7-6-14(10-26)17-9-18(27)25-20(28)24-17/h2-5,8-9,14H,6-7,10-11H2,1H3,(H2,24,25,27,28). The maximum atomic E-state index is 11.6. The average Bonchev–Trinajstić information content (AvgIpc) is 3.09. The molecule has 2 aromatic heterocycles. The fourth-order valence-electron chi connectivity index (χ4n) is 3.61. The third-order valence-corrected chi connectivity index (χ3v) is 5.14. The molecule has 1 atom stereocenters. The minimum atomic E-state index is -0.458. The monoisotopic (exact) mass is 397 g/mol. The summed E-state index contributed by atoms with van der Waals surface area (Å²) in [6, 6.07) is 10.9. The first-order valence-corrected chi connectivity index (χ1v) is 9.50. The van der Waals surface area contributed by atoms with Crippen molar-refractivity contribution in [3.63, 3.8) is 0 Å². The number of H-pyrrole nitrogens is 2. The molecule has 2 N–H and O–H groups in total. The van der Waals surface area contributed by atoms with Gasteiger partial charge in [-0.3, -0.25) is 14.7 Å². The number of rotatable bonds is 4. The fraction of sp³-hybridized carbons (Fsp3) is 0.300. The van der Waals surface area contributed by atoms with E-state index in [1.54, 1.807) is 0 Å². The number of nitrogens with one attached hydrogen (secondary N) is 2. The van der Waals surface area contributed by atoms with E-state index in [2.05, 4.69) is 19.9 Å². The Balaban J connectivity index is 1.51. The highest BCUT2D eigenvalue weighted by atomic mass is 35.5. The third-order valence-electron chi connectivity index (χ3n) is 4.89. The number of aromatic nitrogens is 4. The zero-order chi connectivity index (χ0) is 19.7. The highest BCUT2D eigenvalue weighted by molar-refractivity contribution is 6.30. The fourth-order valence-corrected chi connectivity index (χ4v) is 3.74. The second-order valence-electron chi connectivity index (χ2n) is 7.09. The van der Waals surface area contributed by atoms with Crippen LogP contribution in [0.5, 0.6) is 0 Å². The second kappa shape index (κ2) is 7.69. The molecule has 1 unspecified atom stereocenters. The third kappa shape index (κ3) is 4.21. The van der Waals surface area contributed by atoms with E-state index in [4.69, 9.17) is 16.6 Å². The van der Waals surface area contributed by atoms with Gasteiger partial charge < -0.3 is 4.98 Å². The Morgan fingerprint density at radius 3 is 2.68 bits per heavy atom.